The Labute approximate surface area is 222 Å². The zero-order valence-corrected chi connectivity index (χ0v) is 23.7. The van der Waals surface area contributed by atoms with Crippen molar-refractivity contribution in [2.45, 2.75) is 111 Å². The molecule has 3 amide bonds. The van der Waals surface area contributed by atoms with Crippen molar-refractivity contribution in [3.63, 3.8) is 0 Å². The Bertz CT molecular complexity index is 883. The van der Waals surface area contributed by atoms with E-state index in [1.54, 1.807) is 32.9 Å². The van der Waals surface area contributed by atoms with Crippen LogP contribution in [0.3, 0.4) is 0 Å². The summed E-state index contributed by atoms with van der Waals surface area (Å²) in [4.78, 5) is 41.5. The minimum absolute atomic E-state index is 0.0373. The molecule has 4 N–H and O–H groups in total. The topological polar surface area (TPSA) is 128 Å². The summed E-state index contributed by atoms with van der Waals surface area (Å²) in [6.07, 6.45) is 2.19. The molecule has 0 spiro atoms. The predicted octanol–water partition coefficient (Wildman–Crippen LogP) is 4.28. The average Bonchev–Trinajstić information content (AvgIpc) is 2.77. The van der Waals surface area contributed by atoms with Crippen molar-refractivity contribution in [1.29, 1.82) is 0 Å². The van der Waals surface area contributed by atoms with E-state index in [-0.39, 0.29) is 11.8 Å². The van der Waals surface area contributed by atoms with E-state index in [0.717, 1.165) is 19.3 Å². The van der Waals surface area contributed by atoms with Gasteiger partial charge in [-0.2, -0.15) is 0 Å². The molecule has 0 fully saturated rings. The lowest BCUT2D eigenvalue weighted by molar-refractivity contribution is -0.146. The highest BCUT2D eigenvalue weighted by molar-refractivity contribution is 5.92. The lowest BCUT2D eigenvalue weighted by atomic mass is 9.96. The maximum absolute atomic E-state index is 13.9. The SMILES string of the molecule is CCCC(C)NC(=O)C(c1cccc(O)c1)N(C(=O)C(CO)NC(=O)OC(C)(C)C)C(C)CCC(C)C. The average molecular weight is 522 g/mol. The van der Waals surface area contributed by atoms with Gasteiger partial charge in [-0.15, -0.1) is 0 Å². The Morgan fingerprint density at radius 2 is 1.68 bits per heavy atom. The third-order valence-electron chi connectivity index (χ3n) is 5.89. The highest BCUT2D eigenvalue weighted by Gasteiger charge is 2.39. The lowest BCUT2D eigenvalue weighted by Crippen LogP contribution is -2.57. The van der Waals surface area contributed by atoms with Gasteiger partial charge in [-0.3, -0.25) is 9.59 Å². The van der Waals surface area contributed by atoms with E-state index in [4.69, 9.17) is 4.74 Å². The number of benzene rings is 1. The normalized spacial score (nSPS) is 14.9. The molecule has 4 unspecified atom stereocenters. The summed E-state index contributed by atoms with van der Waals surface area (Å²) in [6, 6.07) is 3.29. The van der Waals surface area contributed by atoms with Crippen LogP contribution in [0.1, 0.15) is 92.7 Å². The summed E-state index contributed by atoms with van der Waals surface area (Å²) >= 11 is 0. The number of hydrogen-bond acceptors (Lipinski definition) is 6. The lowest BCUT2D eigenvalue weighted by Gasteiger charge is -2.39. The third kappa shape index (κ3) is 11.0. The van der Waals surface area contributed by atoms with Crippen LogP contribution in [-0.4, -0.2) is 63.4 Å². The van der Waals surface area contributed by atoms with Crippen molar-refractivity contribution in [3.8, 4) is 5.75 Å². The molecule has 0 radical (unpaired) electrons. The number of nitrogens with zero attached hydrogens (tertiary/aromatic N) is 1. The Balaban J connectivity index is 3.52. The molecule has 210 valence electrons. The first-order valence-corrected chi connectivity index (χ1v) is 13.2. The number of amides is 3. The Morgan fingerprint density at radius 3 is 2.19 bits per heavy atom. The summed E-state index contributed by atoms with van der Waals surface area (Å²) in [5.74, 6) is -0.684. The molecule has 0 aliphatic heterocycles. The number of carbonyl (C=O) groups excluding carboxylic acids is 3. The van der Waals surface area contributed by atoms with Crippen molar-refractivity contribution in [2.75, 3.05) is 6.61 Å². The summed E-state index contributed by atoms with van der Waals surface area (Å²) in [7, 11) is 0. The van der Waals surface area contributed by atoms with Crippen LogP contribution >= 0.6 is 0 Å². The zero-order chi connectivity index (χ0) is 28.3. The van der Waals surface area contributed by atoms with E-state index >= 15 is 0 Å². The number of alkyl carbamates (subject to hydrolysis) is 1. The molecule has 0 heterocycles. The molecule has 0 aromatic heterocycles. The summed E-state index contributed by atoms with van der Waals surface area (Å²) < 4.78 is 5.28. The van der Waals surface area contributed by atoms with E-state index in [1.807, 2.05) is 20.8 Å². The second-order valence-corrected chi connectivity index (χ2v) is 11.1. The maximum Gasteiger partial charge on any atom is 0.408 e. The number of ether oxygens (including phenoxy) is 1. The highest BCUT2D eigenvalue weighted by atomic mass is 16.6. The molecular formula is C28H47N3O6. The molecule has 0 saturated carbocycles. The van der Waals surface area contributed by atoms with Gasteiger partial charge in [0, 0.05) is 12.1 Å². The van der Waals surface area contributed by atoms with Gasteiger partial charge >= 0.3 is 6.09 Å². The van der Waals surface area contributed by atoms with Crippen molar-refractivity contribution in [3.05, 3.63) is 29.8 Å². The van der Waals surface area contributed by atoms with Crippen LogP contribution in [-0.2, 0) is 14.3 Å². The molecule has 9 nitrogen and oxygen atoms in total. The largest absolute Gasteiger partial charge is 0.508 e. The molecular weight excluding hydrogens is 474 g/mol. The summed E-state index contributed by atoms with van der Waals surface area (Å²) in [5, 5.41) is 25.7. The number of aromatic hydroxyl groups is 1. The predicted molar refractivity (Wildman–Crippen MR) is 144 cm³/mol. The first-order chi connectivity index (χ1) is 17.2. The molecule has 1 rings (SSSR count). The maximum atomic E-state index is 13.9. The van der Waals surface area contributed by atoms with E-state index in [0.29, 0.717) is 17.9 Å². The van der Waals surface area contributed by atoms with Gasteiger partial charge in [-0.05, 0) is 77.5 Å². The molecule has 37 heavy (non-hydrogen) atoms. The van der Waals surface area contributed by atoms with Gasteiger partial charge in [-0.1, -0.05) is 39.3 Å². The third-order valence-corrected chi connectivity index (χ3v) is 5.89. The molecule has 4 atom stereocenters. The van der Waals surface area contributed by atoms with Crippen molar-refractivity contribution < 1.29 is 29.3 Å². The second kappa shape index (κ2) is 14.8. The Morgan fingerprint density at radius 1 is 1.03 bits per heavy atom. The fourth-order valence-corrected chi connectivity index (χ4v) is 4.09. The minimum atomic E-state index is -1.32. The van der Waals surface area contributed by atoms with E-state index < -0.39 is 48.2 Å². The van der Waals surface area contributed by atoms with Gasteiger partial charge in [0.15, 0.2) is 0 Å². The van der Waals surface area contributed by atoms with Gasteiger partial charge in [-0.25, -0.2) is 4.79 Å². The smallest absolute Gasteiger partial charge is 0.408 e. The number of nitrogens with one attached hydrogen (secondary N) is 2. The minimum Gasteiger partial charge on any atom is -0.508 e. The first kappa shape index (κ1) is 32.2. The van der Waals surface area contributed by atoms with Gasteiger partial charge in [0.25, 0.3) is 0 Å². The molecule has 0 aliphatic rings. The number of aliphatic hydroxyl groups excluding tert-OH is 1. The number of phenols is 1. The molecule has 0 aliphatic carbocycles. The Kier molecular flexibility index (Phi) is 12.9. The number of phenolic OH excluding ortho intramolecular Hbond substituents is 1. The van der Waals surface area contributed by atoms with Gasteiger partial charge in [0.2, 0.25) is 11.8 Å². The molecule has 0 bridgehead atoms. The monoisotopic (exact) mass is 521 g/mol. The number of carbonyl (C=O) groups is 3. The van der Waals surface area contributed by atoms with Crippen LogP contribution < -0.4 is 10.6 Å². The highest BCUT2D eigenvalue weighted by Crippen LogP contribution is 2.29. The van der Waals surface area contributed by atoms with E-state index in [1.165, 1.54) is 17.0 Å². The Hall–Kier alpha value is -2.81. The van der Waals surface area contributed by atoms with Crippen LogP contribution in [0.2, 0.25) is 0 Å². The molecule has 1 aromatic carbocycles. The second-order valence-electron chi connectivity index (χ2n) is 11.1. The van der Waals surface area contributed by atoms with Crippen LogP contribution in [0.5, 0.6) is 5.75 Å². The summed E-state index contributed by atoms with van der Waals surface area (Å²) in [6.45, 7) is 14.3. The van der Waals surface area contributed by atoms with E-state index in [9.17, 15) is 24.6 Å². The molecule has 0 saturated heterocycles. The van der Waals surface area contributed by atoms with Gasteiger partial charge < -0.3 is 30.5 Å². The first-order valence-electron chi connectivity index (χ1n) is 13.2. The number of aliphatic hydroxyl groups is 1. The van der Waals surface area contributed by atoms with Crippen LogP contribution in [0.15, 0.2) is 24.3 Å². The quantitative estimate of drug-likeness (QED) is 0.307. The van der Waals surface area contributed by atoms with Gasteiger partial charge in [0.05, 0.1) is 6.61 Å². The summed E-state index contributed by atoms with van der Waals surface area (Å²) in [5.41, 5.74) is -0.364. The van der Waals surface area contributed by atoms with Gasteiger partial charge in [0.1, 0.15) is 23.4 Å². The van der Waals surface area contributed by atoms with E-state index in [2.05, 4.69) is 24.5 Å². The fraction of sp³-hybridized carbons (Fsp3) is 0.679. The van der Waals surface area contributed by atoms with Crippen LogP contribution in [0.25, 0.3) is 0 Å². The van der Waals surface area contributed by atoms with Crippen molar-refractivity contribution in [2.24, 2.45) is 5.92 Å². The van der Waals surface area contributed by atoms with Crippen LogP contribution in [0.4, 0.5) is 4.79 Å². The fourth-order valence-electron chi connectivity index (χ4n) is 4.09. The van der Waals surface area contributed by atoms with Crippen molar-refractivity contribution >= 4 is 17.9 Å². The zero-order valence-electron chi connectivity index (χ0n) is 23.7. The standard InChI is InChI=1S/C28H47N3O6/c1-9-11-19(4)29-25(34)24(21-12-10-13-22(33)16-21)31(20(5)15-14-18(2)3)26(35)23(17-32)30-27(36)37-28(6,7)8/h10,12-13,16,18-20,23-24,32-33H,9,11,14-15,17H2,1-8H3,(H,29,34)(H,30,36). The number of rotatable bonds is 13. The van der Waals surface area contributed by atoms with Crippen molar-refractivity contribution in [1.82, 2.24) is 15.5 Å². The molecule has 9 heteroatoms. The number of hydrogen-bond donors (Lipinski definition) is 4. The molecule has 1 aromatic rings. The van der Waals surface area contributed by atoms with Crippen LogP contribution in [0, 0.1) is 5.92 Å².